The molecule has 2 rings (SSSR count). The predicted molar refractivity (Wildman–Crippen MR) is 71.2 cm³/mol. The third-order valence-corrected chi connectivity index (χ3v) is 2.71. The van der Waals surface area contributed by atoms with E-state index in [1.807, 2.05) is 49.7 Å². The summed E-state index contributed by atoms with van der Waals surface area (Å²) >= 11 is 0. The van der Waals surface area contributed by atoms with Crippen LogP contribution in [-0.4, -0.2) is 15.3 Å². The number of imidazole rings is 1. The third-order valence-electron chi connectivity index (χ3n) is 2.71. The summed E-state index contributed by atoms with van der Waals surface area (Å²) in [7, 11) is 0. The van der Waals surface area contributed by atoms with Gasteiger partial charge in [0.05, 0.1) is 12.2 Å². The first-order chi connectivity index (χ1) is 8.54. The van der Waals surface area contributed by atoms with Crippen LogP contribution in [0.25, 0.3) is 5.65 Å². The van der Waals surface area contributed by atoms with Crippen LogP contribution in [0.1, 0.15) is 31.5 Å². The van der Waals surface area contributed by atoms with Gasteiger partial charge in [0.1, 0.15) is 5.65 Å². The van der Waals surface area contributed by atoms with Crippen molar-refractivity contribution in [2.75, 3.05) is 0 Å². The summed E-state index contributed by atoms with van der Waals surface area (Å²) in [5, 5.41) is 2.89. The molecule has 2 aromatic rings. The topological polar surface area (TPSA) is 46.4 Å². The number of amides is 1. The number of aromatic nitrogens is 2. The van der Waals surface area contributed by atoms with E-state index in [1.165, 1.54) is 5.56 Å². The summed E-state index contributed by atoms with van der Waals surface area (Å²) in [5.74, 6) is 0.465. The van der Waals surface area contributed by atoms with Crippen LogP contribution < -0.4 is 5.32 Å². The summed E-state index contributed by atoms with van der Waals surface area (Å²) < 4.78 is 1.99. The highest BCUT2D eigenvalue weighted by atomic mass is 16.1. The molecular formula is C14H19N3O. The van der Waals surface area contributed by atoms with Crippen LogP contribution in [0.3, 0.4) is 0 Å². The van der Waals surface area contributed by atoms with Crippen molar-refractivity contribution >= 4 is 11.6 Å². The van der Waals surface area contributed by atoms with E-state index in [-0.39, 0.29) is 5.91 Å². The number of carbonyl (C=O) groups excluding carboxylic acids is 1. The number of pyridine rings is 1. The highest BCUT2D eigenvalue weighted by Crippen LogP contribution is 2.07. The minimum Gasteiger partial charge on any atom is -0.350 e. The third kappa shape index (κ3) is 3.09. The van der Waals surface area contributed by atoms with E-state index in [2.05, 4.69) is 10.3 Å². The summed E-state index contributed by atoms with van der Waals surface area (Å²) in [4.78, 5) is 16.0. The van der Waals surface area contributed by atoms with Crippen molar-refractivity contribution < 1.29 is 4.79 Å². The number of aryl methyl sites for hydroxylation is 1. The molecule has 0 aliphatic heterocycles. The van der Waals surface area contributed by atoms with E-state index in [4.69, 9.17) is 0 Å². The number of fused-ring (bicyclic) bond motifs is 1. The maximum Gasteiger partial charge on any atom is 0.220 e. The quantitative estimate of drug-likeness (QED) is 0.898. The second-order valence-electron chi connectivity index (χ2n) is 5.08. The zero-order valence-corrected chi connectivity index (χ0v) is 11.1. The molecule has 0 atom stereocenters. The van der Waals surface area contributed by atoms with Crippen molar-refractivity contribution in [3.63, 3.8) is 0 Å². The minimum atomic E-state index is 0.0817. The first-order valence-electron chi connectivity index (χ1n) is 6.25. The Balaban J connectivity index is 2.02. The lowest BCUT2D eigenvalue weighted by atomic mass is 10.1. The number of hydrogen-bond acceptors (Lipinski definition) is 2. The lowest BCUT2D eigenvalue weighted by Crippen LogP contribution is -2.24. The van der Waals surface area contributed by atoms with Gasteiger partial charge in [0.25, 0.3) is 0 Å². The molecule has 4 heteroatoms. The van der Waals surface area contributed by atoms with Crippen molar-refractivity contribution in [3.8, 4) is 0 Å². The van der Waals surface area contributed by atoms with Gasteiger partial charge in [-0.2, -0.15) is 0 Å². The van der Waals surface area contributed by atoms with Crippen LogP contribution in [0.2, 0.25) is 0 Å². The van der Waals surface area contributed by atoms with Gasteiger partial charge in [0.15, 0.2) is 0 Å². The molecule has 2 aromatic heterocycles. The second kappa shape index (κ2) is 5.21. The average Bonchev–Trinajstić information content (AvgIpc) is 2.67. The van der Waals surface area contributed by atoms with Crippen LogP contribution in [-0.2, 0) is 11.3 Å². The Morgan fingerprint density at radius 2 is 2.17 bits per heavy atom. The van der Waals surface area contributed by atoms with E-state index in [0.717, 1.165) is 11.3 Å². The monoisotopic (exact) mass is 245 g/mol. The maximum absolute atomic E-state index is 11.6. The normalized spacial score (nSPS) is 11.1. The first-order valence-corrected chi connectivity index (χ1v) is 6.25. The van der Waals surface area contributed by atoms with Crippen LogP contribution in [0.4, 0.5) is 0 Å². The molecule has 0 saturated carbocycles. The lowest BCUT2D eigenvalue weighted by molar-refractivity contribution is -0.121. The number of nitrogens with zero attached hydrogens (tertiary/aromatic N) is 2. The zero-order chi connectivity index (χ0) is 13.1. The van der Waals surface area contributed by atoms with Crippen molar-refractivity contribution in [1.82, 2.24) is 14.7 Å². The number of rotatable bonds is 4. The molecule has 0 unspecified atom stereocenters. The van der Waals surface area contributed by atoms with E-state index in [1.54, 1.807) is 0 Å². The predicted octanol–water partition coefficient (Wildman–Crippen LogP) is 2.31. The molecule has 0 aromatic carbocycles. The van der Waals surface area contributed by atoms with Crippen LogP contribution in [0, 0.1) is 12.8 Å². The highest BCUT2D eigenvalue weighted by molar-refractivity contribution is 5.76. The molecule has 4 nitrogen and oxygen atoms in total. The first kappa shape index (κ1) is 12.6. The fraction of sp³-hybridized carbons (Fsp3) is 0.429. The van der Waals surface area contributed by atoms with Gasteiger partial charge in [-0.25, -0.2) is 4.98 Å². The van der Waals surface area contributed by atoms with Crippen LogP contribution in [0.15, 0.2) is 24.5 Å². The Bertz CT molecular complexity index is 557. The lowest BCUT2D eigenvalue weighted by Gasteiger charge is -2.04. The number of nitrogens with one attached hydrogen (secondary N) is 1. The standard InChI is InChI=1S/C14H19N3O/c1-10(2)6-14(18)15-7-12-9-17-8-11(3)4-5-13(17)16-12/h4-5,8-10H,6-7H2,1-3H3,(H,15,18). The van der Waals surface area contributed by atoms with Gasteiger partial charge in [0, 0.05) is 18.8 Å². The Hall–Kier alpha value is -1.84. The van der Waals surface area contributed by atoms with Gasteiger partial charge in [-0.3, -0.25) is 4.79 Å². The fourth-order valence-corrected chi connectivity index (χ4v) is 1.87. The zero-order valence-electron chi connectivity index (χ0n) is 11.1. The summed E-state index contributed by atoms with van der Waals surface area (Å²) in [5.41, 5.74) is 2.99. The van der Waals surface area contributed by atoms with Gasteiger partial charge < -0.3 is 9.72 Å². The Morgan fingerprint density at radius 3 is 2.89 bits per heavy atom. The minimum absolute atomic E-state index is 0.0817. The molecule has 0 fully saturated rings. The molecule has 0 aliphatic carbocycles. The van der Waals surface area contributed by atoms with E-state index in [9.17, 15) is 4.79 Å². The molecule has 2 heterocycles. The van der Waals surface area contributed by atoms with Crippen LogP contribution >= 0.6 is 0 Å². The number of carbonyl (C=O) groups is 1. The molecule has 1 N–H and O–H groups in total. The Labute approximate surface area is 107 Å². The Morgan fingerprint density at radius 1 is 1.39 bits per heavy atom. The van der Waals surface area contributed by atoms with Gasteiger partial charge >= 0.3 is 0 Å². The van der Waals surface area contributed by atoms with Crippen molar-refractivity contribution in [2.45, 2.75) is 33.7 Å². The molecule has 96 valence electrons. The fourth-order valence-electron chi connectivity index (χ4n) is 1.87. The summed E-state index contributed by atoms with van der Waals surface area (Å²) in [6, 6.07) is 4.01. The molecule has 0 bridgehead atoms. The molecule has 0 aliphatic rings. The van der Waals surface area contributed by atoms with Crippen molar-refractivity contribution in [2.24, 2.45) is 5.92 Å². The van der Waals surface area contributed by atoms with Crippen LogP contribution in [0.5, 0.6) is 0 Å². The van der Waals surface area contributed by atoms with Gasteiger partial charge in [-0.15, -0.1) is 0 Å². The maximum atomic E-state index is 11.6. The Kier molecular flexibility index (Phi) is 3.65. The SMILES string of the molecule is Cc1ccc2nc(CNC(=O)CC(C)C)cn2c1. The second-order valence-corrected chi connectivity index (χ2v) is 5.08. The highest BCUT2D eigenvalue weighted by Gasteiger charge is 2.06. The summed E-state index contributed by atoms with van der Waals surface area (Å²) in [6.07, 6.45) is 4.55. The molecular weight excluding hydrogens is 226 g/mol. The smallest absolute Gasteiger partial charge is 0.220 e. The summed E-state index contributed by atoms with van der Waals surface area (Å²) in [6.45, 7) is 6.61. The van der Waals surface area contributed by atoms with E-state index in [0.29, 0.717) is 18.9 Å². The van der Waals surface area contributed by atoms with Gasteiger partial charge in [-0.05, 0) is 24.5 Å². The molecule has 1 amide bonds. The average molecular weight is 245 g/mol. The van der Waals surface area contributed by atoms with E-state index >= 15 is 0 Å². The van der Waals surface area contributed by atoms with Gasteiger partial charge in [0.2, 0.25) is 5.91 Å². The largest absolute Gasteiger partial charge is 0.350 e. The molecule has 18 heavy (non-hydrogen) atoms. The van der Waals surface area contributed by atoms with Crippen molar-refractivity contribution in [3.05, 3.63) is 35.8 Å². The molecule has 0 radical (unpaired) electrons. The number of hydrogen-bond donors (Lipinski definition) is 1. The molecule has 0 spiro atoms. The van der Waals surface area contributed by atoms with Gasteiger partial charge in [-0.1, -0.05) is 19.9 Å². The van der Waals surface area contributed by atoms with Crippen molar-refractivity contribution in [1.29, 1.82) is 0 Å². The molecule has 0 saturated heterocycles. The van der Waals surface area contributed by atoms with E-state index < -0.39 is 0 Å².